The van der Waals surface area contributed by atoms with Crippen LogP contribution in [0.1, 0.15) is 24.5 Å². The molecule has 0 heterocycles. The van der Waals surface area contributed by atoms with Crippen LogP contribution in [0.4, 0.5) is 5.69 Å². The zero-order chi connectivity index (χ0) is 9.68. The third kappa shape index (κ3) is 2.52. The van der Waals surface area contributed by atoms with Crippen LogP contribution in [0, 0.1) is 12.3 Å². The number of aryl methyl sites for hydroxylation is 2. The van der Waals surface area contributed by atoms with Crippen molar-refractivity contribution >= 4 is 5.69 Å². The second-order valence-corrected chi connectivity index (χ2v) is 3.09. The number of nitrogen functional groups attached to an aromatic ring is 1. The van der Waals surface area contributed by atoms with Gasteiger partial charge in [0.2, 0.25) is 0 Å². The summed E-state index contributed by atoms with van der Waals surface area (Å²) < 4.78 is 0. The molecule has 1 aromatic rings. The second kappa shape index (κ2) is 4.57. The SMILES string of the molecule is C#CCCc1cc(N)ccc1CC. The highest BCUT2D eigenvalue weighted by atomic mass is 14.5. The van der Waals surface area contributed by atoms with E-state index < -0.39 is 0 Å². The van der Waals surface area contributed by atoms with Crippen LogP contribution in [0.5, 0.6) is 0 Å². The zero-order valence-corrected chi connectivity index (χ0v) is 8.01. The van der Waals surface area contributed by atoms with Crippen LogP contribution < -0.4 is 5.73 Å². The Morgan fingerprint density at radius 1 is 1.38 bits per heavy atom. The molecule has 0 aromatic heterocycles. The molecule has 1 heteroatoms. The lowest BCUT2D eigenvalue weighted by atomic mass is 10.0. The molecule has 0 atom stereocenters. The van der Waals surface area contributed by atoms with Crippen LogP contribution in [-0.2, 0) is 12.8 Å². The van der Waals surface area contributed by atoms with E-state index in [0.29, 0.717) is 0 Å². The van der Waals surface area contributed by atoms with E-state index in [1.807, 2.05) is 12.1 Å². The second-order valence-electron chi connectivity index (χ2n) is 3.09. The Morgan fingerprint density at radius 3 is 2.77 bits per heavy atom. The fraction of sp³-hybridized carbons (Fsp3) is 0.333. The molecule has 0 fully saturated rings. The number of hydrogen-bond donors (Lipinski definition) is 1. The summed E-state index contributed by atoms with van der Waals surface area (Å²) in [5.41, 5.74) is 9.17. The van der Waals surface area contributed by atoms with Crippen molar-refractivity contribution in [1.82, 2.24) is 0 Å². The Hall–Kier alpha value is -1.42. The molecule has 0 saturated heterocycles. The third-order valence-electron chi connectivity index (χ3n) is 2.15. The molecular formula is C12H15N. The summed E-state index contributed by atoms with van der Waals surface area (Å²) in [4.78, 5) is 0. The number of benzene rings is 1. The highest BCUT2D eigenvalue weighted by Crippen LogP contribution is 2.15. The quantitative estimate of drug-likeness (QED) is 0.551. The molecule has 1 rings (SSSR count). The van der Waals surface area contributed by atoms with Crippen molar-refractivity contribution in [2.45, 2.75) is 26.2 Å². The Bertz CT molecular complexity index is 320. The van der Waals surface area contributed by atoms with Crippen LogP contribution >= 0.6 is 0 Å². The summed E-state index contributed by atoms with van der Waals surface area (Å²) in [6.45, 7) is 2.14. The van der Waals surface area contributed by atoms with E-state index >= 15 is 0 Å². The molecule has 1 nitrogen and oxygen atoms in total. The summed E-state index contributed by atoms with van der Waals surface area (Å²) in [5.74, 6) is 2.65. The minimum Gasteiger partial charge on any atom is -0.399 e. The first kappa shape index (κ1) is 9.67. The maximum atomic E-state index is 5.70. The number of anilines is 1. The van der Waals surface area contributed by atoms with Crippen LogP contribution in [0.2, 0.25) is 0 Å². The molecule has 0 aliphatic heterocycles. The van der Waals surface area contributed by atoms with Crippen molar-refractivity contribution in [3.63, 3.8) is 0 Å². The van der Waals surface area contributed by atoms with Crippen LogP contribution in [0.3, 0.4) is 0 Å². The minimum absolute atomic E-state index is 0.788. The predicted octanol–water partition coefficient (Wildman–Crippen LogP) is 2.40. The van der Waals surface area contributed by atoms with Gasteiger partial charge in [0, 0.05) is 12.1 Å². The first-order valence-electron chi connectivity index (χ1n) is 4.58. The highest BCUT2D eigenvalue weighted by Gasteiger charge is 1.99. The van der Waals surface area contributed by atoms with Crippen molar-refractivity contribution < 1.29 is 0 Å². The summed E-state index contributed by atoms with van der Waals surface area (Å²) in [7, 11) is 0. The largest absolute Gasteiger partial charge is 0.399 e. The maximum Gasteiger partial charge on any atom is 0.0316 e. The average Bonchev–Trinajstić information content (AvgIpc) is 2.15. The van der Waals surface area contributed by atoms with E-state index in [-0.39, 0.29) is 0 Å². The van der Waals surface area contributed by atoms with E-state index in [4.69, 9.17) is 12.2 Å². The molecule has 0 saturated carbocycles. The van der Waals surface area contributed by atoms with Gasteiger partial charge in [0.05, 0.1) is 0 Å². The van der Waals surface area contributed by atoms with Gasteiger partial charge in [-0.3, -0.25) is 0 Å². The molecule has 0 bridgehead atoms. The normalized spacial score (nSPS) is 9.54. The van der Waals surface area contributed by atoms with Gasteiger partial charge >= 0.3 is 0 Å². The van der Waals surface area contributed by atoms with Crippen molar-refractivity contribution in [1.29, 1.82) is 0 Å². The van der Waals surface area contributed by atoms with Gasteiger partial charge in [0.1, 0.15) is 0 Å². The van der Waals surface area contributed by atoms with Crippen molar-refractivity contribution in [3.8, 4) is 12.3 Å². The molecule has 0 aliphatic rings. The first-order chi connectivity index (χ1) is 6.27. The molecule has 0 spiro atoms. The topological polar surface area (TPSA) is 26.0 Å². The fourth-order valence-corrected chi connectivity index (χ4v) is 1.43. The van der Waals surface area contributed by atoms with Gasteiger partial charge in [-0.05, 0) is 36.1 Å². The van der Waals surface area contributed by atoms with Gasteiger partial charge in [0.25, 0.3) is 0 Å². The lowest BCUT2D eigenvalue weighted by molar-refractivity contribution is 0.980. The molecule has 2 N–H and O–H groups in total. The van der Waals surface area contributed by atoms with E-state index in [1.165, 1.54) is 11.1 Å². The Morgan fingerprint density at radius 2 is 2.15 bits per heavy atom. The van der Waals surface area contributed by atoms with E-state index in [9.17, 15) is 0 Å². The van der Waals surface area contributed by atoms with Gasteiger partial charge in [0.15, 0.2) is 0 Å². The Balaban J connectivity index is 2.89. The predicted molar refractivity (Wildman–Crippen MR) is 57.4 cm³/mol. The van der Waals surface area contributed by atoms with Crippen molar-refractivity contribution in [3.05, 3.63) is 29.3 Å². The van der Waals surface area contributed by atoms with Crippen LogP contribution in [0.25, 0.3) is 0 Å². The van der Waals surface area contributed by atoms with Crippen molar-refractivity contribution in [2.75, 3.05) is 5.73 Å². The van der Waals surface area contributed by atoms with Gasteiger partial charge in [-0.2, -0.15) is 0 Å². The fourth-order valence-electron chi connectivity index (χ4n) is 1.43. The summed E-state index contributed by atoms with van der Waals surface area (Å²) in [6, 6.07) is 6.05. The van der Waals surface area contributed by atoms with E-state index in [1.54, 1.807) is 0 Å². The molecule has 0 unspecified atom stereocenters. The van der Waals surface area contributed by atoms with Crippen molar-refractivity contribution in [2.24, 2.45) is 0 Å². The molecular weight excluding hydrogens is 158 g/mol. The minimum atomic E-state index is 0.788. The van der Waals surface area contributed by atoms with E-state index in [0.717, 1.165) is 24.9 Å². The number of nitrogens with two attached hydrogens (primary N) is 1. The molecule has 0 aliphatic carbocycles. The highest BCUT2D eigenvalue weighted by molar-refractivity contribution is 5.45. The lowest BCUT2D eigenvalue weighted by Crippen LogP contribution is -1.95. The first-order valence-corrected chi connectivity index (χ1v) is 4.58. The molecule has 68 valence electrons. The summed E-state index contributed by atoms with van der Waals surface area (Å²) in [6.07, 6.45) is 7.99. The third-order valence-corrected chi connectivity index (χ3v) is 2.15. The van der Waals surface area contributed by atoms with Gasteiger partial charge in [-0.1, -0.05) is 13.0 Å². The van der Waals surface area contributed by atoms with Crippen LogP contribution in [-0.4, -0.2) is 0 Å². The standard InChI is InChI=1S/C12H15N/c1-3-5-6-11-9-12(13)8-7-10(11)4-2/h1,7-9H,4-6,13H2,2H3. The molecule has 0 radical (unpaired) electrons. The zero-order valence-electron chi connectivity index (χ0n) is 8.01. The van der Waals surface area contributed by atoms with Crippen LogP contribution in [0.15, 0.2) is 18.2 Å². The lowest BCUT2D eigenvalue weighted by Gasteiger charge is -2.06. The molecule has 1 aromatic carbocycles. The smallest absolute Gasteiger partial charge is 0.0316 e. The van der Waals surface area contributed by atoms with E-state index in [2.05, 4.69) is 18.9 Å². The summed E-state index contributed by atoms with van der Waals surface area (Å²) in [5, 5.41) is 0. The Labute approximate surface area is 80.0 Å². The summed E-state index contributed by atoms with van der Waals surface area (Å²) >= 11 is 0. The maximum absolute atomic E-state index is 5.70. The number of hydrogen-bond acceptors (Lipinski definition) is 1. The van der Waals surface area contributed by atoms with Gasteiger partial charge < -0.3 is 5.73 Å². The number of rotatable bonds is 3. The molecule has 0 amide bonds. The number of terminal acetylenes is 1. The monoisotopic (exact) mass is 173 g/mol. The molecule has 13 heavy (non-hydrogen) atoms. The average molecular weight is 173 g/mol. The van der Waals surface area contributed by atoms with Gasteiger partial charge in [-0.15, -0.1) is 12.3 Å². The van der Waals surface area contributed by atoms with Gasteiger partial charge in [-0.25, -0.2) is 0 Å². The Kier molecular flexibility index (Phi) is 3.40.